The molecule has 0 bridgehead atoms. The Morgan fingerprint density at radius 3 is 2.27 bits per heavy atom. The van der Waals surface area contributed by atoms with E-state index in [1.807, 2.05) is 6.92 Å². The maximum atomic E-state index is 14.1. The Bertz CT molecular complexity index is 1440. The van der Waals surface area contributed by atoms with Crippen LogP contribution < -0.4 is 14.4 Å². The van der Waals surface area contributed by atoms with Crippen molar-refractivity contribution in [2.75, 3.05) is 24.5 Å². The highest BCUT2D eigenvalue weighted by Crippen LogP contribution is 2.33. The summed E-state index contributed by atoms with van der Waals surface area (Å²) in [5, 5.41) is 3.56. The molecule has 2 amide bonds. The van der Waals surface area contributed by atoms with Gasteiger partial charge in [0.2, 0.25) is 11.8 Å². The predicted octanol–water partition coefficient (Wildman–Crippen LogP) is 5.92. The van der Waals surface area contributed by atoms with Crippen LogP contribution in [0.3, 0.4) is 0 Å². The Kier molecular flexibility index (Phi) is 11.9. The molecule has 0 heterocycles. The normalized spacial score (nSPS) is 11.9. The highest BCUT2D eigenvalue weighted by Gasteiger charge is 2.34. The SMILES string of the molecule is CCCCNC(=O)[C@H](CC)N(Cc1ccc(Cl)c(Cl)c1)C(=O)CN(c1ccccc1OC)S(=O)(=O)c1ccccc1. The standard InChI is InChI=1S/C30H35Cl2N3O5S/c1-4-6-18-33-30(37)26(5-2)34(20-22-16-17-24(31)25(32)19-22)29(36)21-35(27-14-10-11-15-28(27)40-3)41(38,39)23-12-8-7-9-13-23/h7-17,19,26H,4-6,18,20-21H2,1-3H3,(H,33,37)/t26-/m0/s1. The number of amides is 2. The van der Waals surface area contributed by atoms with Crippen LogP contribution in [0.2, 0.25) is 10.0 Å². The first kappa shape index (κ1) is 32.2. The van der Waals surface area contributed by atoms with E-state index in [9.17, 15) is 18.0 Å². The summed E-state index contributed by atoms with van der Waals surface area (Å²) in [6.45, 7) is 3.73. The molecule has 0 saturated heterocycles. The zero-order valence-corrected chi connectivity index (χ0v) is 25.7. The summed E-state index contributed by atoms with van der Waals surface area (Å²) in [7, 11) is -2.78. The number of rotatable bonds is 14. The summed E-state index contributed by atoms with van der Waals surface area (Å²) in [4.78, 5) is 28.8. The number of benzene rings is 3. The molecule has 0 aliphatic heterocycles. The lowest BCUT2D eigenvalue weighted by Crippen LogP contribution is -2.52. The molecule has 8 nitrogen and oxygen atoms in total. The summed E-state index contributed by atoms with van der Waals surface area (Å²) in [5.74, 6) is -0.608. The smallest absolute Gasteiger partial charge is 0.264 e. The molecular weight excluding hydrogens is 585 g/mol. The number of halogens is 2. The lowest BCUT2D eigenvalue weighted by Gasteiger charge is -2.33. The molecule has 0 unspecified atom stereocenters. The second-order valence-corrected chi connectivity index (χ2v) is 12.0. The van der Waals surface area contributed by atoms with E-state index >= 15 is 0 Å². The summed E-state index contributed by atoms with van der Waals surface area (Å²) in [5.41, 5.74) is 0.837. The van der Waals surface area contributed by atoms with Crippen LogP contribution in [-0.4, -0.2) is 51.4 Å². The molecule has 3 rings (SSSR count). The van der Waals surface area contributed by atoms with Gasteiger partial charge in [-0.2, -0.15) is 0 Å². The van der Waals surface area contributed by atoms with Gasteiger partial charge in [-0.1, -0.05) is 79.9 Å². The first-order chi connectivity index (χ1) is 19.6. The van der Waals surface area contributed by atoms with Gasteiger partial charge < -0.3 is 15.0 Å². The van der Waals surface area contributed by atoms with Crippen LogP contribution in [0, 0.1) is 0 Å². The topological polar surface area (TPSA) is 96.0 Å². The molecular formula is C30H35Cl2N3O5S. The number of ether oxygens (including phenoxy) is 1. The van der Waals surface area contributed by atoms with Crippen molar-refractivity contribution in [1.29, 1.82) is 0 Å². The van der Waals surface area contributed by atoms with Crippen LogP contribution in [0.15, 0.2) is 77.7 Å². The first-order valence-corrected chi connectivity index (χ1v) is 15.6. The Balaban J connectivity index is 2.07. The van der Waals surface area contributed by atoms with Crippen molar-refractivity contribution in [1.82, 2.24) is 10.2 Å². The average molecular weight is 621 g/mol. The first-order valence-electron chi connectivity index (χ1n) is 13.4. The Morgan fingerprint density at radius 1 is 0.951 bits per heavy atom. The maximum absolute atomic E-state index is 14.1. The summed E-state index contributed by atoms with van der Waals surface area (Å²) < 4.78 is 34.4. The molecule has 3 aromatic carbocycles. The molecule has 1 N–H and O–H groups in total. The zero-order chi connectivity index (χ0) is 30.0. The molecule has 0 aromatic heterocycles. The van der Waals surface area contributed by atoms with Gasteiger partial charge in [0.1, 0.15) is 18.3 Å². The molecule has 0 aliphatic rings. The van der Waals surface area contributed by atoms with E-state index in [0.717, 1.165) is 17.1 Å². The van der Waals surface area contributed by atoms with Crippen LogP contribution >= 0.6 is 23.2 Å². The molecule has 0 spiro atoms. The fraction of sp³-hybridized carbons (Fsp3) is 0.333. The van der Waals surface area contributed by atoms with Crippen LogP contribution in [0.5, 0.6) is 5.75 Å². The number of para-hydroxylation sites is 2. The van der Waals surface area contributed by atoms with Crippen molar-refractivity contribution in [3.05, 3.63) is 88.4 Å². The fourth-order valence-electron chi connectivity index (χ4n) is 4.33. The van der Waals surface area contributed by atoms with Gasteiger partial charge in [-0.15, -0.1) is 0 Å². The number of sulfonamides is 1. The van der Waals surface area contributed by atoms with Crippen molar-refractivity contribution in [3.63, 3.8) is 0 Å². The molecule has 220 valence electrons. The monoisotopic (exact) mass is 619 g/mol. The lowest BCUT2D eigenvalue weighted by molar-refractivity contribution is -0.140. The molecule has 3 aromatic rings. The van der Waals surface area contributed by atoms with E-state index in [1.165, 1.54) is 24.1 Å². The third-order valence-electron chi connectivity index (χ3n) is 6.52. The molecule has 0 fully saturated rings. The number of nitrogens with one attached hydrogen (secondary N) is 1. The van der Waals surface area contributed by atoms with Gasteiger partial charge in [0.05, 0.1) is 27.7 Å². The van der Waals surface area contributed by atoms with E-state index < -0.39 is 28.5 Å². The fourth-order valence-corrected chi connectivity index (χ4v) is 6.10. The summed E-state index contributed by atoms with van der Waals surface area (Å²) >= 11 is 12.3. The van der Waals surface area contributed by atoms with Crippen molar-refractivity contribution < 1.29 is 22.7 Å². The number of carbonyl (C=O) groups is 2. The van der Waals surface area contributed by atoms with E-state index in [0.29, 0.717) is 28.6 Å². The van der Waals surface area contributed by atoms with Gasteiger partial charge in [0.15, 0.2) is 0 Å². The van der Waals surface area contributed by atoms with Crippen LogP contribution in [0.1, 0.15) is 38.7 Å². The predicted molar refractivity (Wildman–Crippen MR) is 163 cm³/mol. The molecule has 41 heavy (non-hydrogen) atoms. The number of nitrogens with zero attached hydrogens (tertiary/aromatic N) is 2. The van der Waals surface area contributed by atoms with Crippen LogP contribution in [-0.2, 0) is 26.2 Å². The van der Waals surface area contributed by atoms with Crippen molar-refractivity contribution in [3.8, 4) is 5.75 Å². The Hall–Kier alpha value is -3.27. The highest BCUT2D eigenvalue weighted by atomic mass is 35.5. The number of unbranched alkanes of at least 4 members (excludes halogenated alkanes) is 1. The van der Waals surface area contributed by atoms with Crippen molar-refractivity contribution in [2.24, 2.45) is 0 Å². The zero-order valence-electron chi connectivity index (χ0n) is 23.3. The van der Waals surface area contributed by atoms with Gasteiger partial charge in [-0.25, -0.2) is 8.42 Å². The minimum atomic E-state index is -4.20. The number of anilines is 1. The number of hydrogen-bond donors (Lipinski definition) is 1. The lowest BCUT2D eigenvalue weighted by atomic mass is 10.1. The van der Waals surface area contributed by atoms with E-state index in [4.69, 9.17) is 27.9 Å². The van der Waals surface area contributed by atoms with Crippen LogP contribution in [0.4, 0.5) is 5.69 Å². The minimum Gasteiger partial charge on any atom is -0.495 e. The largest absolute Gasteiger partial charge is 0.495 e. The van der Waals surface area contributed by atoms with E-state index in [1.54, 1.807) is 67.6 Å². The average Bonchev–Trinajstić information content (AvgIpc) is 2.98. The molecule has 11 heteroatoms. The second-order valence-electron chi connectivity index (χ2n) is 9.34. The van der Waals surface area contributed by atoms with Gasteiger partial charge in [0.25, 0.3) is 10.0 Å². The third-order valence-corrected chi connectivity index (χ3v) is 9.03. The molecule has 1 atom stereocenters. The number of hydrogen-bond acceptors (Lipinski definition) is 5. The number of carbonyl (C=O) groups excluding carboxylic acids is 2. The van der Waals surface area contributed by atoms with Crippen molar-refractivity contribution in [2.45, 2.75) is 50.6 Å². The van der Waals surface area contributed by atoms with E-state index in [2.05, 4.69) is 5.32 Å². The van der Waals surface area contributed by atoms with Crippen LogP contribution in [0.25, 0.3) is 0 Å². The van der Waals surface area contributed by atoms with Gasteiger partial charge in [-0.3, -0.25) is 13.9 Å². The molecule has 0 radical (unpaired) electrons. The second kappa shape index (κ2) is 15.1. The summed E-state index contributed by atoms with van der Waals surface area (Å²) in [6, 6.07) is 18.5. The van der Waals surface area contributed by atoms with Gasteiger partial charge >= 0.3 is 0 Å². The third kappa shape index (κ3) is 8.15. The number of methoxy groups -OCH3 is 1. The molecule has 0 saturated carbocycles. The quantitative estimate of drug-likeness (QED) is 0.226. The minimum absolute atomic E-state index is 0.0130. The van der Waals surface area contributed by atoms with Gasteiger partial charge in [0, 0.05) is 13.1 Å². The van der Waals surface area contributed by atoms with Gasteiger partial charge in [-0.05, 0) is 54.8 Å². The highest BCUT2D eigenvalue weighted by molar-refractivity contribution is 7.92. The van der Waals surface area contributed by atoms with E-state index in [-0.39, 0.29) is 28.8 Å². The Morgan fingerprint density at radius 2 is 1.63 bits per heavy atom. The summed E-state index contributed by atoms with van der Waals surface area (Å²) in [6.07, 6.45) is 2.00. The molecule has 0 aliphatic carbocycles. The van der Waals surface area contributed by atoms with Crippen molar-refractivity contribution >= 4 is 50.7 Å². The maximum Gasteiger partial charge on any atom is 0.264 e. The Labute approximate surface area is 252 Å².